The number of nitrogens with one attached hydrogen (secondary N) is 1. The molecule has 0 aromatic heterocycles. The number of imide groups is 1. The Bertz CT molecular complexity index is 346. The minimum Gasteiger partial charge on any atom is -0.323 e. The van der Waals surface area contributed by atoms with E-state index in [1.165, 1.54) is 11.3 Å². The molecule has 2 rings (SSSR count). The molecule has 2 aliphatic rings. The molecule has 2 fully saturated rings. The van der Waals surface area contributed by atoms with E-state index >= 15 is 0 Å². The maximum Gasteiger partial charge on any atom is 0.325 e. The summed E-state index contributed by atoms with van der Waals surface area (Å²) in [6.45, 7) is 0.204. The predicted octanol–water partition coefficient (Wildman–Crippen LogP) is 1.61. The predicted molar refractivity (Wildman–Crippen MR) is 66.0 cm³/mol. The van der Waals surface area contributed by atoms with Gasteiger partial charge < -0.3 is 10.1 Å². The first-order valence-electron chi connectivity index (χ1n) is 6.77. The van der Waals surface area contributed by atoms with Gasteiger partial charge in [0.05, 0.1) is 0 Å². The number of rotatable bonds is 3. The Kier molecular flexibility index (Phi) is 3.99. The van der Waals surface area contributed by atoms with E-state index in [0.29, 0.717) is 0 Å². The van der Waals surface area contributed by atoms with Crippen LogP contribution in [0.25, 0.3) is 0 Å². The molecule has 1 saturated heterocycles. The molecule has 5 heteroatoms. The van der Waals surface area contributed by atoms with Crippen molar-refractivity contribution in [1.29, 1.82) is 0 Å². The smallest absolute Gasteiger partial charge is 0.323 e. The highest BCUT2D eigenvalue weighted by atomic mass is 16.2. The summed E-state index contributed by atoms with van der Waals surface area (Å²) in [5.74, 6) is -0.128. The van der Waals surface area contributed by atoms with Gasteiger partial charge in [-0.15, -0.1) is 0 Å². The van der Waals surface area contributed by atoms with Crippen LogP contribution in [0, 0.1) is 0 Å². The van der Waals surface area contributed by atoms with E-state index in [1.807, 2.05) is 0 Å². The summed E-state index contributed by atoms with van der Waals surface area (Å²) in [6.07, 6.45) is 7.84. The number of aldehydes is 1. The average Bonchev–Trinajstić information content (AvgIpc) is 2.55. The standard InChI is InChI=1S/C13H20N2O3/c16-10-6-9-15-11(17)13(14-12(15)18)7-4-2-1-3-5-8-13/h10H,1-9H2,(H,14,18). The molecule has 1 aliphatic heterocycles. The molecule has 1 aliphatic carbocycles. The van der Waals surface area contributed by atoms with Crippen molar-refractivity contribution >= 4 is 18.2 Å². The third-order valence-corrected chi connectivity index (χ3v) is 3.92. The third-order valence-electron chi connectivity index (χ3n) is 3.92. The van der Waals surface area contributed by atoms with Crippen LogP contribution in [0.5, 0.6) is 0 Å². The summed E-state index contributed by atoms with van der Waals surface area (Å²) in [7, 11) is 0. The Morgan fingerprint density at radius 1 is 1.11 bits per heavy atom. The molecule has 0 radical (unpaired) electrons. The van der Waals surface area contributed by atoms with Crippen LogP contribution in [0.4, 0.5) is 4.79 Å². The van der Waals surface area contributed by atoms with Crippen LogP contribution in [-0.4, -0.2) is 35.2 Å². The first kappa shape index (κ1) is 13.1. The first-order valence-corrected chi connectivity index (χ1v) is 6.77. The number of carbonyl (C=O) groups excluding carboxylic acids is 3. The molecule has 0 bridgehead atoms. The maximum absolute atomic E-state index is 12.4. The van der Waals surface area contributed by atoms with Gasteiger partial charge in [-0.2, -0.15) is 0 Å². The highest BCUT2D eigenvalue weighted by Gasteiger charge is 2.49. The van der Waals surface area contributed by atoms with E-state index in [4.69, 9.17) is 0 Å². The van der Waals surface area contributed by atoms with E-state index in [1.54, 1.807) is 0 Å². The van der Waals surface area contributed by atoms with Crippen LogP contribution in [0.15, 0.2) is 0 Å². The maximum atomic E-state index is 12.4. The average molecular weight is 252 g/mol. The van der Waals surface area contributed by atoms with Crippen molar-refractivity contribution in [2.45, 2.75) is 56.9 Å². The molecule has 3 amide bonds. The molecule has 0 aromatic carbocycles. The zero-order valence-electron chi connectivity index (χ0n) is 10.6. The summed E-state index contributed by atoms with van der Waals surface area (Å²) in [4.78, 5) is 35.8. The van der Waals surface area contributed by atoms with Gasteiger partial charge in [0, 0.05) is 13.0 Å². The molecule has 1 N–H and O–H groups in total. The Morgan fingerprint density at radius 2 is 1.72 bits per heavy atom. The molecule has 18 heavy (non-hydrogen) atoms. The lowest BCUT2D eigenvalue weighted by Gasteiger charge is -2.28. The lowest BCUT2D eigenvalue weighted by molar-refractivity contribution is -0.132. The van der Waals surface area contributed by atoms with Gasteiger partial charge in [-0.05, 0) is 12.8 Å². The van der Waals surface area contributed by atoms with Crippen LogP contribution in [-0.2, 0) is 9.59 Å². The van der Waals surface area contributed by atoms with Crippen molar-refractivity contribution < 1.29 is 14.4 Å². The van der Waals surface area contributed by atoms with Crippen LogP contribution in [0.3, 0.4) is 0 Å². The number of hydrogen-bond donors (Lipinski definition) is 1. The third kappa shape index (κ3) is 2.40. The van der Waals surface area contributed by atoms with Gasteiger partial charge in [0.2, 0.25) is 0 Å². The molecule has 100 valence electrons. The van der Waals surface area contributed by atoms with E-state index in [-0.39, 0.29) is 24.9 Å². The van der Waals surface area contributed by atoms with Gasteiger partial charge in [-0.1, -0.05) is 32.1 Å². The highest BCUT2D eigenvalue weighted by Crippen LogP contribution is 2.31. The quantitative estimate of drug-likeness (QED) is 0.613. The normalized spacial score (nSPS) is 23.7. The first-order chi connectivity index (χ1) is 8.69. The van der Waals surface area contributed by atoms with Crippen molar-refractivity contribution in [2.75, 3.05) is 6.54 Å². The zero-order valence-corrected chi connectivity index (χ0v) is 10.6. The fourth-order valence-electron chi connectivity index (χ4n) is 2.91. The summed E-state index contributed by atoms with van der Waals surface area (Å²) < 4.78 is 0. The van der Waals surface area contributed by atoms with Crippen LogP contribution >= 0.6 is 0 Å². The minimum atomic E-state index is -0.680. The Hall–Kier alpha value is -1.39. The van der Waals surface area contributed by atoms with Crippen LogP contribution in [0.2, 0.25) is 0 Å². The van der Waals surface area contributed by atoms with Crippen LogP contribution in [0.1, 0.15) is 51.4 Å². The zero-order chi connectivity index (χ0) is 13.0. The second-order valence-corrected chi connectivity index (χ2v) is 5.19. The Morgan fingerprint density at radius 3 is 2.33 bits per heavy atom. The molecule has 1 spiro atoms. The van der Waals surface area contributed by atoms with Crippen molar-refractivity contribution in [3.05, 3.63) is 0 Å². The molecule has 0 aromatic rings. The molecule has 5 nitrogen and oxygen atoms in total. The molecule has 0 atom stereocenters. The van der Waals surface area contributed by atoms with Crippen molar-refractivity contribution in [3.63, 3.8) is 0 Å². The van der Waals surface area contributed by atoms with E-state index in [9.17, 15) is 14.4 Å². The van der Waals surface area contributed by atoms with Crippen molar-refractivity contribution in [2.24, 2.45) is 0 Å². The fraction of sp³-hybridized carbons (Fsp3) is 0.769. The minimum absolute atomic E-state index is 0.128. The fourth-order valence-corrected chi connectivity index (χ4v) is 2.91. The van der Waals surface area contributed by atoms with Crippen LogP contribution < -0.4 is 5.32 Å². The molecule has 0 unspecified atom stereocenters. The summed E-state index contributed by atoms with van der Waals surface area (Å²) >= 11 is 0. The molecular weight excluding hydrogens is 232 g/mol. The number of hydrogen-bond acceptors (Lipinski definition) is 3. The lowest BCUT2D eigenvalue weighted by Crippen LogP contribution is -2.47. The number of carbonyl (C=O) groups is 3. The van der Waals surface area contributed by atoms with Gasteiger partial charge in [-0.3, -0.25) is 9.69 Å². The summed E-state index contributed by atoms with van der Waals surface area (Å²) in [5.41, 5.74) is -0.680. The number of urea groups is 1. The van der Waals surface area contributed by atoms with Gasteiger partial charge in [0.25, 0.3) is 5.91 Å². The monoisotopic (exact) mass is 252 g/mol. The Labute approximate surface area is 107 Å². The van der Waals surface area contributed by atoms with E-state index in [2.05, 4.69) is 5.32 Å². The van der Waals surface area contributed by atoms with E-state index in [0.717, 1.165) is 44.8 Å². The number of nitrogens with zero attached hydrogens (tertiary/aromatic N) is 1. The number of amides is 3. The summed E-state index contributed by atoms with van der Waals surface area (Å²) in [6, 6.07) is -0.331. The lowest BCUT2D eigenvalue weighted by atomic mass is 9.84. The Balaban J connectivity index is 2.10. The SMILES string of the molecule is O=CCCN1C(=O)NC2(CCCCCCC2)C1=O. The second-order valence-electron chi connectivity index (χ2n) is 5.19. The molecule has 1 saturated carbocycles. The van der Waals surface area contributed by atoms with E-state index < -0.39 is 5.54 Å². The van der Waals surface area contributed by atoms with Crippen molar-refractivity contribution in [1.82, 2.24) is 10.2 Å². The van der Waals surface area contributed by atoms with Gasteiger partial charge >= 0.3 is 6.03 Å². The van der Waals surface area contributed by atoms with Crippen molar-refractivity contribution in [3.8, 4) is 0 Å². The largest absolute Gasteiger partial charge is 0.325 e. The van der Waals surface area contributed by atoms with Gasteiger partial charge in [0.1, 0.15) is 11.8 Å². The summed E-state index contributed by atoms with van der Waals surface area (Å²) in [5, 5.41) is 2.87. The topological polar surface area (TPSA) is 66.5 Å². The second kappa shape index (κ2) is 5.50. The van der Waals surface area contributed by atoms with Gasteiger partial charge in [-0.25, -0.2) is 4.79 Å². The van der Waals surface area contributed by atoms with Gasteiger partial charge in [0.15, 0.2) is 0 Å². The highest BCUT2D eigenvalue weighted by molar-refractivity contribution is 6.07. The molecule has 1 heterocycles. The molecular formula is C13H20N2O3.